The van der Waals surface area contributed by atoms with Crippen LogP contribution in [0.3, 0.4) is 0 Å². The molecule has 1 aromatic rings. The minimum atomic E-state index is -0.168. The third kappa shape index (κ3) is 3.46. The zero-order valence-electron chi connectivity index (χ0n) is 9.86. The minimum Gasteiger partial charge on any atom is -0.334 e. The van der Waals surface area contributed by atoms with E-state index in [0.717, 1.165) is 24.9 Å². The summed E-state index contributed by atoms with van der Waals surface area (Å²) in [6.45, 7) is 0. The molecule has 17 heavy (non-hydrogen) atoms. The molecule has 0 radical (unpaired) electrons. The second-order valence-electron chi connectivity index (χ2n) is 4.52. The van der Waals surface area contributed by atoms with E-state index in [9.17, 15) is 4.79 Å². The van der Waals surface area contributed by atoms with E-state index < -0.39 is 0 Å². The van der Waals surface area contributed by atoms with Crippen molar-refractivity contribution in [2.45, 2.75) is 37.8 Å². The van der Waals surface area contributed by atoms with Crippen LogP contribution in [0.2, 0.25) is 0 Å². The lowest BCUT2D eigenvalue weighted by molar-refractivity contribution is 0.240. The normalized spacial score (nSPS) is 24.1. The molecular formula is C13H19N3O. The predicted molar refractivity (Wildman–Crippen MR) is 68.8 cm³/mol. The maximum Gasteiger partial charge on any atom is 0.319 e. The third-order valence-corrected chi connectivity index (χ3v) is 3.17. The van der Waals surface area contributed by atoms with Crippen LogP contribution in [0, 0.1) is 0 Å². The largest absolute Gasteiger partial charge is 0.334 e. The molecule has 1 aromatic carbocycles. The maximum absolute atomic E-state index is 11.7. The Hall–Kier alpha value is -1.55. The molecule has 0 aliphatic heterocycles. The van der Waals surface area contributed by atoms with Crippen LogP contribution in [0.25, 0.3) is 0 Å². The summed E-state index contributed by atoms with van der Waals surface area (Å²) >= 11 is 0. The van der Waals surface area contributed by atoms with Gasteiger partial charge < -0.3 is 16.4 Å². The molecule has 0 heterocycles. The Balaban J connectivity index is 1.84. The number of hydrogen-bond acceptors (Lipinski definition) is 2. The van der Waals surface area contributed by atoms with Crippen LogP contribution in [0.15, 0.2) is 30.3 Å². The van der Waals surface area contributed by atoms with Crippen LogP contribution in [0.4, 0.5) is 10.5 Å². The number of nitrogens with two attached hydrogens (primary N) is 1. The summed E-state index contributed by atoms with van der Waals surface area (Å²) < 4.78 is 0. The Morgan fingerprint density at radius 2 is 1.88 bits per heavy atom. The van der Waals surface area contributed by atoms with E-state index in [1.54, 1.807) is 0 Å². The second kappa shape index (κ2) is 5.68. The van der Waals surface area contributed by atoms with Crippen molar-refractivity contribution >= 4 is 11.7 Å². The molecule has 4 heteroatoms. The van der Waals surface area contributed by atoms with Gasteiger partial charge in [-0.1, -0.05) is 31.0 Å². The highest BCUT2D eigenvalue weighted by Crippen LogP contribution is 2.17. The lowest BCUT2D eigenvalue weighted by Gasteiger charge is -2.29. The molecule has 1 fully saturated rings. The first-order valence-corrected chi connectivity index (χ1v) is 6.14. The first kappa shape index (κ1) is 11.9. The quantitative estimate of drug-likeness (QED) is 0.732. The molecular weight excluding hydrogens is 214 g/mol. The molecule has 92 valence electrons. The predicted octanol–water partition coefficient (Wildman–Crippen LogP) is 2.08. The van der Waals surface area contributed by atoms with Crippen LogP contribution in [0.5, 0.6) is 0 Å². The number of carbonyl (C=O) groups excluding carboxylic acids is 1. The number of para-hydroxylation sites is 1. The lowest BCUT2D eigenvalue weighted by atomic mass is 9.91. The Labute approximate surface area is 102 Å². The highest BCUT2D eigenvalue weighted by atomic mass is 16.2. The molecule has 4 N–H and O–H groups in total. The van der Waals surface area contributed by atoms with Gasteiger partial charge in [-0.3, -0.25) is 0 Å². The van der Waals surface area contributed by atoms with E-state index in [2.05, 4.69) is 10.6 Å². The molecule has 4 nitrogen and oxygen atoms in total. The van der Waals surface area contributed by atoms with E-state index in [1.807, 2.05) is 30.3 Å². The first-order chi connectivity index (χ1) is 8.25. The summed E-state index contributed by atoms with van der Waals surface area (Å²) in [5, 5.41) is 5.75. The van der Waals surface area contributed by atoms with Crippen molar-refractivity contribution in [1.82, 2.24) is 5.32 Å². The molecule has 2 rings (SSSR count). The summed E-state index contributed by atoms with van der Waals surface area (Å²) in [7, 11) is 0. The van der Waals surface area contributed by atoms with Crippen LogP contribution in [-0.4, -0.2) is 18.1 Å². The Bertz CT molecular complexity index is 366. The summed E-state index contributed by atoms with van der Waals surface area (Å²) in [4.78, 5) is 11.7. The summed E-state index contributed by atoms with van der Waals surface area (Å²) in [6, 6.07) is 9.45. The van der Waals surface area contributed by atoms with Gasteiger partial charge in [-0.05, 0) is 25.0 Å². The molecule has 0 saturated heterocycles. The van der Waals surface area contributed by atoms with Gasteiger partial charge in [0.2, 0.25) is 0 Å². The molecule has 0 aromatic heterocycles. The molecule has 0 bridgehead atoms. The van der Waals surface area contributed by atoms with Crippen LogP contribution in [0.1, 0.15) is 25.7 Å². The standard InChI is InChI=1S/C13H19N3O/c14-11-8-4-5-9-12(11)16-13(17)15-10-6-2-1-3-7-10/h1-3,6-7,11-12H,4-5,8-9,14H2,(H2,15,16,17)/t11-,12-/m1/s1. The Kier molecular flexibility index (Phi) is 3.98. The van der Waals surface area contributed by atoms with Gasteiger partial charge in [0.15, 0.2) is 0 Å². The smallest absolute Gasteiger partial charge is 0.319 e. The van der Waals surface area contributed by atoms with Gasteiger partial charge in [-0.25, -0.2) is 4.79 Å². The fourth-order valence-electron chi connectivity index (χ4n) is 2.20. The second-order valence-corrected chi connectivity index (χ2v) is 4.52. The average Bonchev–Trinajstić information content (AvgIpc) is 2.33. The van der Waals surface area contributed by atoms with E-state index in [4.69, 9.17) is 5.73 Å². The minimum absolute atomic E-state index is 0.0882. The summed E-state index contributed by atoms with van der Waals surface area (Å²) in [5.41, 5.74) is 6.78. The van der Waals surface area contributed by atoms with Gasteiger partial charge in [-0.2, -0.15) is 0 Å². The fraction of sp³-hybridized carbons (Fsp3) is 0.462. The molecule has 1 saturated carbocycles. The number of rotatable bonds is 2. The van der Waals surface area contributed by atoms with Crippen molar-refractivity contribution in [3.8, 4) is 0 Å². The fourth-order valence-corrected chi connectivity index (χ4v) is 2.20. The van der Waals surface area contributed by atoms with Gasteiger partial charge in [-0.15, -0.1) is 0 Å². The number of amides is 2. The number of nitrogens with one attached hydrogen (secondary N) is 2. The van der Waals surface area contributed by atoms with E-state index in [1.165, 1.54) is 6.42 Å². The van der Waals surface area contributed by atoms with Crippen LogP contribution < -0.4 is 16.4 Å². The van der Waals surface area contributed by atoms with Crippen molar-refractivity contribution < 1.29 is 4.79 Å². The Morgan fingerprint density at radius 1 is 1.18 bits per heavy atom. The highest BCUT2D eigenvalue weighted by molar-refractivity contribution is 5.89. The van der Waals surface area contributed by atoms with Crippen molar-refractivity contribution in [3.05, 3.63) is 30.3 Å². The summed E-state index contributed by atoms with van der Waals surface area (Å²) in [6.07, 6.45) is 4.28. The summed E-state index contributed by atoms with van der Waals surface area (Å²) in [5.74, 6) is 0. The van der Waals surface area contributed by atoms with E-state index in [0.29, 0.717) is 0 Å². The zero-order chi connectivity index (χ0) is 12.1. The molecule has 1 aliphatic rings. The average molecular weight is 233 g/mol. The molecule has 2 amide bonds. The van der Waals surface area contributed by atoms with Crippen molar-refractivity contribution in [3.63, 3.8) is 0 Å². The van der Waals surface area contributed by atoms with Gasteiger partial charge in [0.05, 0.1) is 0 Å². The monoisotopic (exact) mass is 233 g/mol. The maximum atomic E-state index is 11.7. The lowest BCUT2D eigenvalue weighted by Crippen LogP contribution is -2.50. The van der Waals surface area contributed by atoms with Crippen molar-refractivity contribution in [1.29, 1.82) is 0 Å². The van der Waals surface area contributed by atoms with Gasteiger partial charge in [0.25, 0.3) is 0 Å². The molecule has 0 unspecified atom stereocenters. The van der Waals surface area contributed by atoms with Crippen molar-refractivity contribution in [2.24, 2.45) is 5.73 Å². The van der Waals surface area contributed by atoms with E-state index >= 15 is 0 Å². The van der Waals surface area contributed by atoms with Gasteiger partial charge in [0, 0.05) is 17.8 Å². The van der Waals surface area contributed by atoms with Crippen LogP contribution in [-0.2, 0) is 0 Å². The number of benzene rings is 1. The number of anilines is 1. The SMILES string of the molecule is N[C@@H]1CCCC[C@H]1NC(=O)Nc1ccccc1. The number of urea groups is 1. The molecule has 2 atom stereocenters. The molecule has 0 spiro atoms. The van der Waals surface area contributed by atoms with Crippen LogP contribution >= 0.6 is 0 Å². The first-order valence-electron chi connectivity index (χ1n) is 6.14. The Morgan fingerprint density at radius 3 is 2.59 bits per heavy atom. The highest BCUT2D eigenvalue weighted by Gasteiger charge is 2.23. The number of carbonyl (C=O) groups is 1. The zero-order valence-corrected chi connectivity index (χ0v) is 9.86. The van der Waals surface area contributed by atoms with Gasteiger partial charge >= 0.3 is 6.03 Å². The van der Waals surface area contributed by atoms with E-state index in [-0.39, 0.29) is 18.1 Å². The number of hydrogen-bond donors (Lipinski definition) is 3. The molecule has 1 aliphatic carbocycles. The third-order valence-electron chi connectivity index (χ3n) is 3.17. The van der Waals surface area contributed by atoms with Gasteiger partial charge in [0.1, 0.15) is 0 Å². The topological polar surface area (TPSA) is 67.1 Å². The van der Waals surface area contributed by atoms with Crippen molar-refractivity contribution in [2.75, 3.05) is 5.32 Å².